The number of anilines is 1. The summed E-state index contributed by atoms with van der Waals surface area (Å²) in [6.45, 7) is 2.84. The molecule has 3 aromatic carbocycles. The molecule has 2 amide bonds. The van der Waals surface area contributed by atoms with Crippen LogP contribution in [-0.4, -0.2) is 29.9 Å². The van der Waals surface area contributed by atoms with E-state index in [0.29, 0.717) is 42.3 Å². The van der Waals surface area contributed by atoms with Crippen LogP contribution in [0.3, 0.4) is 0 Å². The molecule has 6 heteroatoms. The normalized spacial score (nSPS) is 15.4. The van der Waals surface area contributed by atoms with Crippen LogP contribution in [0.15, 0.2) is 72.8 Å². The van der Waals surface area contributed by atoms with Crippen LogP contribution < -0.4 is 14.8 Å². The summed E-state index contributed by atoms with van der Waals surface area (Å²) in [4.78, 5) is 27.7. The Morgan fingerprint density at radius 1 is 1.09 bits per heavy atom. The molecule has 6 nitrogen and oxygen atoms in total. The molecule has 1 aliphatic rings. The molecule has 164 valence electrons. The van der Waals surface area contributed by atoms with Gasteiger partial charge in [-0.3, -0.25) is 9.59 Å². The second-order valence-corrected chi connectivity index (χ2v) is 7.67. The SMILES string of the molecule is CC[C@H]1Oc2ccc(NC(=O)c3ccccc3OC)cc2CN(Cc2ccccc2)C1=O. The van der Waals surface area contributed by atoms with Crippen molar-refractivity contribution in [2.24, 2.45) is 0 Å². The van der Waals surface area contributed by atoms with Gasteiger partial charge in [-0.2, -0.15) is 0 Å². The summed E-state index contributed by atoms with van der Waals surface area (Å²) in [6.07, 6.45) is 0.0459. The molecule has 0 bridgehead atoms. The van der Waals surface area contributed by atoms with Gasteiger partial charge in [0, 0.05) is 24.3 Å². The molecule has 1 N–H and O–H groups in total. The predicted octanol–water partition coefficient (Wildman–Crippen LogP) is 4.65. The van der Waals surface area contributed by atoms with Gasteiger partial charge in [-0.25, -0.2) is 0 Å². The number of para-hydroxylation sites is 1. The Balaban J connectivity index is 1.59. The van der Waals surface area contributed by atoms with Gasteiger partial charge in [0.15, 0.2) is 6.10 Å². The van der Waals surface area contributed by atoms with Crippen molar-refractivity contribution in [2.75, 3.05) is 12.4 Å². The van der Waals surface area contributed by atoms with Crippen LogP contribution in [0.4, 0.5) is 5.69 Å². The molecule has 0 saturated carbocycles. The molecular formula is C26H26N2O4. The topological polar surface area (TPSA) is 67.9 Å². The van der Waals surface area contributed by atoms with E-state index in [2.05, 4.69) is 5.32 Å². The number of nitrogens with one attached hydrogen (secondary N) is 1. The van der Waals surface area contributed by atoms with Crippen LogP contribution in [0, 0.1) is 0 Å². The number of hydrogen-bond acceptors (Lipinski definition) is 4. The number of nitrogens with zero attached hydrogens (tertiary/aromatic N) is 1. The van der Waals surface area contributed by atoms with Gasteiger partial charge in [-0.05, 0) is 42.3 Å². The Kier molecular flexibility index (Phi) is 6.40. The van der Waals surface area contributed by atoms with E-state index >= 15 is 0 Å². The standard InChI is InChI=1S/C26H26N2O4/c1-3-22-26(30)28(16-18-9-5-4-6-10-18)17-19-15-20(13-14-23(19)32-22)27-25(29)21-11-7-8-12-24(21)31-2/h4-15,22H,3,16-17H2,1-2H3,(H,27,29)/t22-/m1/s1. The molecule has 32 heavy (non-hydrogen) atoms. The number of fused-ring (bicyclic) bond motifs is 1. The van der Waals surface area contributed by atoms with Gasteiger partial charge in [-0.1, -0.05) is 49.4 Å². The van der Waals surface area contributed by atoms with Gasteiger partial charge in [0.2, 0.25) is 0 Å². The van der Waals surface area contributed by atoms with Gasteiger partial charge in [0.25, 0.3) is 11.8 Å². The van der Waals surface area contributed by atoms with Crippen molar-refractivity contribution >= 4 is 17.5 Å². The average molecular weight is 431 g/mol. The molecular weight excluding hydrogens is 404 g/mol. The molecule has 0 unspecified atom stereocenters. The number of carbonyl (C=O) groups is 2. The maximum absolute atomic E-state index is 13.1. The van der Waals surface area contributed by atoms with Gasteiger partial charge >= 0.3 is 0 Å². The molecule has 1 aliphatic heterocycles. The van der Waals surface area contributed by atoms with E-state index in [9.17, 15) is 9.59 Å². The summed E-state index contributed by atoms with van der Waals surface area (Å²) < 4.78 is 11.3. The van der Waals surface area contributed by atoms with E-state index in [1.165, 1.54) is 7.11 Å². The first kappa shape index (κ1) is 21.4. The van der Waals surface area contributed by atoms with E-state index in [0.717, 1.165) is 11.1 Å². The second-order valence-electron chi connectivity index (χ2n) is 7.67. The number of benzene rings is 3. The number of rotatable bonds is 6. The third kappa shape index (κ3) is 4.59. The first-order chi connectivity index (χ1) is 15.6. The van der Waals surface area contributed by atoms with Gasteiger partial charge in [-0.15, -0.1) is 0 Å². The number of ether oxygens (including phenoxy) is 2. The fourth-order valence-electron chi connectivity index (χ4n) is 3.81. The predicted molar refractivity (Wildman–Crippen MR) is 123 cm³/mol. The highest BCUT2D eigenvalue weighted by atomic mass is 16.5. The minimum absolute atomic E-state index is 0.0350. The third-order valence-electron chi connectivity index (χ3n) is 5.47. The van der Waals surface area contributed by atoms with Crippen LogP contribution in [-0.2, 0) is 17.9 Å². The summed E-state index contributed by atoms with van der Waals surface area (Å²) in [5.74, 6) is 0.873. The van der Waals surface area contributed by atoms with Crippen LogP contribution in [0.5, 0.6) is 11.5 Å². The van der Waals surface area contributed by atoms with Crippen molar-refractivity contribution in [3.63, 3.8) is 0 Å². The average Bonchev–Trinajstić information content (AvgIpc) is 2.95. The van der Waals surface area contributed by atoms with Gasteiger partial charge in [0.05, 0.1) is 12.7 Å². The first-order valence-corrected chi connectivity index (χ1v) is 10.7. The van der Waals surface area contributed by atoms with Crippen LogP contribution in [0.25, 0.3) is 0 Å². The molecule has 0 fully saturated rings. The van der Waals surface area contributed by atoms with Crippen molar-refractivity contribution in [3.8, 4) is 11.5 Å². The zero-order chi connectivity index (χ0) is 22.5. The lowest BCUT2D eigenvalue weighted by molar-refractivity contribution is -0.139. The fourth-order valence-corrected chi connectivity index (χ4v) is 3.81. The molecule has 0 radical (unpaired) electrons. The highest BCUT2D eigenvalue weighted by Gasteiger charge is 2.30. The lowest BCUT2D eigenvalue weighted by atomic mass is 10.1. The molecule has 4 rings (SSSR count). The molecule has 3 aromatic rings. The lowest BCUT2D eigenvalue weighted by Gasteiger charge is -2.23. The molecule has 0 aliphatic carbocycles. The molecule has 1 atom stereocenters. The van der Waals surface area contributed by atoms with Crippen LogP contribution >= 0.6 is 0 Å². The Morgan fingerprint density at radius 2 is 1.84 bits per heavy atom. The zero-order valence-corrected chi connectivity index (χ0v) is 18.2. The molecule has 0 spiro atoms. The quantitative estimate of drug-likeness (QED) is 0.618. The Bertz CT molecular complexity index is 1110. The minimum Gasteiger partial charge on any atom is -0.496 e. The Morgan fingerprint density at radius 3 is 2.59 bits per heavy atom. The second kappa shape index (κ2) is 9.56. The Labute approximate surface area is 187 Å². The van der Waals surface area contributed by atoms with Gasteiger partial charge in [0.1, 0.15) is 11.5 Å². The summed E-state index contributed by atoms with van der Waals surface area (Å²) in [5.41, 5.74) is 2.99. The summed E-state index contributed by atoms with van der Waals surface area (Å²) in [5, 5.41) is 2.93. The summed E-state index contributed by atoms with van der Waals surface area (Å²) in [7, 11) is 1.54. The van der Waals surface area contributed by atoms with E-state index in [1.807, 2.05) is 55.5 Å². The largest absolute Gasteiger partial charge is 0.496 e. The number of methoxy groups -OCH3 is 1. The highest BCUT2D eigenvalue weighted by Crippen LogP contribution is 2.30. The van der Waals surface area contributed by atoms with Crippen molar-refractivity contribution in [3.05, 3.63) is 89.5 Å². The van der Waals surface area contributed by atoms with Crippen LogP contribution in [0.1, 0.15) is 34.8 Å². The maximum atomic E-state index is 13.1. The zero-order valence-electron chi connectivity index (χ0n) is 18.2. The highest BCUT2D eigenvalue weighted by molar-refractivity contribution is 6.06. The van der Waals surface area contributed by atoms with E-state index in [1.54, 1.807) is 29.2 Å². The summed E-state index contributed by atoms with van der Waals surface area (Å²) in [6, 6.07) is 22.4. The fraction of sp³-hybridized carbons (Fsp3) is 0.231. The van der Waals surface area contributed by atoms with Crippen molar-refractivity contribution in [1.29, 1.82) is 0 Å². The van der Waals surface area contributed by atoms with Crippen molar-refractivity contribution in [2.45, 2.75) is 32.5 Å². The lowest BCUT2D eigenvalue weighted by Crippen LogP contribution is -2.38. The first-order valence-electron chi connectivity index (χ1n) is 10.7. The number of amides is 2. The smallest absolute Gasteiger partial charge is 0.264 e. The number of hydrogen-bond donors (Lipinski definition) is 1. The van der Waals surface area contributed by atoms with E-state index < -0.39 is 6.10 Å². The van der Waals surface area contributed by atoms with Crippen LogP contribution in [0.2, 0.25) is 0 Å². The molecule has 0 saturated heterocycles. The van der Waals surface area contributed by atoms with Gasteiger partial charge < -0.3 is 19.7 Å². The number of carbonyl (C=O) groups excluding carboxylic acids is 2. The molecule has 0 aromatic heterocycles. The van der Waals surface area contributed by atoms with E-state index in [-0.39, 0.29) is 11.8 Å². The third-order valence-corrected chi connectivity index (χ3v) is 5.47. The monoisotopic (exact) mass is 430 g/mol. The Hall–Kier alpha value is -3.80. The maximum Gasteiger partial charge on any atom is 0.264 e. The van der Waals surface area contributed by atoms with Crippen molar-refractivity contribution < 1.29 is 19.1 Å². The van der Waals surface area contributed by atoms with E-state index in [4.69, 9.17) is 9.47 Å². The minimum atomic E-state index is -0.533. The van der Waals surface area contributed by atoms with Crippen molar-refractivity contribution in [1.82, 2.24) is 4.90 Å². The summed E-state index contributed by atoms with van der Waals surface area (Å²) >= 11 is 0. The molecule has 1 heterocycles.